The van der Waals surface area contributed by atoms with E-state index in [4.69, 9.17) is 14.7 Å². The van der Waals surface area contributed by atoms with Gasteiger partial charge in [-0.1, -0.05) is 12.1 Å². The molecule has 6 heteroatoms. The Morgan fingerprint density at radius 2 is 1.79 bits per heavy atom. The van der Waals surface area contributed by atoms with Gasteiger partial charge in [-0.3, -0.25) is 4.79 Å². The van der Waals surface area contributed by atoms with E-state index in [2.05, 4.69) is 6.07 Å². The first-order valence-electron chi connectivity index (χ1n) is 9.29. The summed E-state index contributed by atoms with van der Waals surface area (Å²) in [5.41, 5.74) is 2.35. The van der Waals surface area contributed by atoms with Crippen LogP contribution < -0.4 is 9.47 Å². The predicted molar refractivity (Wildman–Crippen MR) is 114 cm³/mol. The quantitative estimate of drug-likeness (QED) is 0.612. The van der Waals surface area contributed by atoms with Crippen LogP contribution in [0.15, 0.2) is 48.5 Å². The predicted octanol–water partition coefficient (Wildman–Crippen LogP) is 3.18. The number of methoxy groups -OCH3 is 2. The highest BCUT2D eigenvalue weighted by atomic mass is 16.5. The van der Waals surface area contributed by atoms with Gasteiger partial charge in [0.1, 0.15) is 11.5 Å². The van der Waals surface area contributed by atoms with Gasteiger partial charge in [0.05, 0.1) is 25.9 Å². The Morgan fingerprint density at radius 3 is 2.38 bits per heavy atom. The van der Waals surface area contributed by atoms with E-state index >= 15 is 0 Å². The summed E-state index contributed by atoms with van der Waals surface area (Å²) in [7, 11) is 7.14. The third-order valence-corrected chi connectivity index (χ3v) is 4.43. The van der Waals surface area contributed by atoms with Crippen molar-refractivity contribution in [3.05, 3.63) is 65.2 Å². The van der Waals surface area contributed by atoms with Crippen molar-refractivity contribution >= 4 is 12.0 Å². The fraction of sp³-hybridized carbons (Fsp3) is 0.304. The first kappa shape index (κ1) is 22.0. The molecule has 0 aliphatic heterocycles. The Balaban J connectivity index is 2.20. The van der Waals surface area contributed by atoms with Crippen molar-refractivity contribution in [3.63, 3.8) is 0 Å². The average Bonchev–Trinajstić information content (AvgIpc) is 2.74. The van der Waals surface area contributed by atoms with Crippen molar-refractivity contribution in [2.24, 2.45) is 0 Å². The van der Waals surface area contributed by atoms with Crippen molar-refractivity contribution in [3.8, 4) is 17.6 Å². The highest BCUT2D eigenvalue weighted by Gasteiger charge is 2.12. The first-order chi connectivity index (χ1) is 14.0. The second-order valence-electron chi connectivity index (χ2n) is 6.81. The van der Waals surface area contributed by atoms with Gasteiger partial charge in [0, 0.05) is 31.3 Å². The minimum absolute atomic E-state index is 0.0962. The Bertz CT molecular complexity index is 883. The summed E-state index contributed by atoms with van der Waals surface area (Å²) in [4.78, 5) is 16.7. The standard InChI is InChI=1S/C23H27N3O3/c1-25(2)13-14-26(17-19-7-5-18(16-24)6-8-19)23(27)12-9-20-15-21(28-3)10-11-22(20)29-4/h5-12,15H,13-14,17H2,1-4H3/b12-9+. The molecule has 0 radical (unpaired) electrons. The van der Waals surface area contributed by atoms with E-state index in [0.29, 0.717) is 30.2 Å². The zero-order chi connectivity index (χ0) is 21.2. The van der Waals surface area contributed by atoms with Gasteiger partial charge < -0.3 is 19.3 Å². The highest BCUT2D eigenvalue weighted by Crippen LogP contribution is 2.25. The van der Waals surface area contributed by atoms with Gasteiger partial charge in [-0.2, -0.15) is 5.26 Å². The summed E-state index contributed by atoms with van der Waals surface area (Å²) in [6.07, 6.45) is 3.29. The second-order valence-corrected chi connectivity index (χ2v) is 6.81. The SMILES string of the molecule is COc1ccc(OC)c(/C=C/C(=O)N(CCN(C)C)Cc2ccc(C#N)cc2)c1. The maximum atomic E-state index is 12.9. The maximum absolute atomic E-state index is 12.9. The molecule has 0 unspecified atom stereocenters. The summed E-state index contributed by atoms with van der Waals surface area (Å²) in [5, 5.41) is 8.95. The number of rotatable bonds is 9. The number of carbonyl (C=O) groups excluding carboxylic acids is 1. The zero-order valence-corrected chi connectivity index (χ0v) is 17.4. The van der Waals surface area contributed by atoms with Crippen LogP contribution in [0.4, 0.5) is 0 Å². The summed E-state index contributed by atoms with van der Waals surface area (Å²) in [5.74, 6) is 1.27. The summed E-state index contributed by atoms with van der Waals surface area (Å²) >= 11 is 0. The minimum atomic E-state index is -0.0962. The largest absolute Gasteiger partial charge is 0.497 e. The third-order valence-electron chi connectivity index (χ3n) is 4.43. The van der Waals surface area contributed by atoms with Crippen LogP contribution >= 0.6 is 0 Å². The topological polar surface area (TPSA) is 65.8 Å². The molecular weight excluding hydrogens is 366 g/mol. The molecule has 0 aliphatic rings. The molecule has 0 N–H and O–H groups in total. The number of nitrogens with zero attached hydrogens (tertiary/aromatic N) is 3. The van der Waals surface area contributed by atoms with Gasteiger partial charge >= 0.3 is 0 Å². The molecule has 0 fully saturated rings. The lowest BCUT2D eigenvalue weighted by Gasteiger charge is -2.23. The number of amides is 1. The van der Waals surface area contributed by atoms with Crippen LogP contribution in [0.25, 0.3) is 6.08 Å². The first-order valence-corrected chi connectivity index (χ1v) is 9.29. The van der Waals surface area contributed by atoms with Crippen molar-refractivity contribution in [2.75, 3.05) is 41.4 Å². The van der Waals surface area contributed by atoms with Crippen molar-refractivity contribution in [1.82, 2.24) is 9.80 Å². The molecule has 0 saturated heterocycles. The van der Waals surface area contributed by atoms with Crippen molar-refractivity contribution in [2.45, 2.75) is 6.54 Å². The number of hydrogen-bond donors (Lipinski definition) is 0. The molecular formula is C23H27N3O3. The number of carbonyl (C=O) groups is 1. The van der Waals surface area contributed by atoms with Crippen LogP contribution in [0.2, 0.25) is 0 Å². The molecule has 2 rings (SSSR count). The van der Waals surface area contributed by atoms with E-state index in [-0.39, 0.29) is 5.91 Å². The van der Waals surface area contributed by atoms with Gasteiger partial charge in [-0.05, 0) is 56.1 Å². The number of hydrogen-bond acceptors (Lipinski definition) is 5. The molecule has 1 amide bonds. The molecule has 6 nitrogen and oxygen atoms in total. The molecule has 2 aromatic carbocycles. The number of nitriles is 1. The van der Waals surface area contributed by atoms with Crippen LogP contribution in [0, 0.1) is 11.3 Å². The molecule has 0 spiro atoms. The monoisotopic (exact) mass is 393 g/mol. The van der Waals surface area contributed by atoms with E-state index in [1.54, 1.807) is 43.4 Å². The van der Waals surface area contributed by atoms with Crippen molar-refractivity contribution < 1.29 is 14.3 Å². The lowest BCUT2D eigenvalue weighted by Crippen LogP contribution is -2.35. The van der Waals surface area contributed by atoms with E-state index in [0.717, 1.165) is 17.7 Å². The molecule has 0 bridgehead atoms. The molecule has 0 aromatic heterocycles. The van der Waals surface area contributed by atoms with E-state index in [1.165, 1.54) is 0 Å². The molecule has 2 aromatic rings. The van der Waals surface area contributed by atoms with Gasteiger partial charge in [0.2, 0.25) is 5.91 Å². The zero-order valence-electron chi connectivity index (χ0n) is 17.4. The summed E-state index contributed by atoms with van der Waals surface area (Å²) in [6, 6.07) is 14.8. The van der Waals surface area contributed by atoms with Crippen LogP contribution in [0.5, 0.6) is 11.5 Å². The number of benzene rings is 2. The molecule has 0 saturated carbocycles. The van der Waals surface area contributed by atoms with E-state index in [1.807, 2.05) is 49.3 Å². The minimum Gasteiger partial charge on any atom is -0.497 e. The summed E-state index contributed by atoms with van der Waals surface area (Å²) < 4.78 is 10.6. The van der Waals surface area contributed by atoms with Crippen LogP contribution in [-0.2, 0) is 11.3 Å². The Labute approximate surface area is 172 Å². The molecule has 29 heavy (non-hydrogen) atoms. The lowest BCUT2D eigenvalue weighted by molar-refractivity contribution is -0.126. The lowest BCUT2D eigenvalue weighted by atomic mass is 10.1. The van der Waals surface area contributed by atoms with Crippen LogP contribution in [0.1, 0.15) is 16.7 Å². The van der Waals surface area contributed by atoms with Crippen LogP contribution in [0.3, 0.4) is 0 Å². The highest BCUT2D eigenvalue weighted by molar-refractivity contribution is 5.92. The fourth-order valence-corrected chi connectivity index (χ4v) is 2.73. The van der Waals surface area contributed by atoms with Crippen molar-refractivity contribution in [1.29, 1.82) is 5.26 Å². The third kappa shape index (κ3) is 6.66. The maximum Gasteiger partial charge on any atom is 0.246 e. The van der Waals surface area contributed by atoms with Gasteiger partial charge in [-0.25, -0.2) is 0 Å². The molecule has 0 atom stereocenters. The molecule has 0 aliphatic carbocycles. The van der Waals surface area contributed by atoms with E-state index < -0.39 is 0 Å². The molecule has 152 valence electrons. The summed E-state index contributed by atoms with van der Waals surface area (Å²) in [6.45, 7) is 1.81. The number of likely N-dealkylation sites (N-methyl/N-ethyl adjacent to an activating group) is 1. The normalized spacial score (nSPS) is 10.8. The smallest absolute Gasteiger partial charge is 0.246 e. The molecule has 0 heterocycles. The van der Waals surface area contributed by atoms with E-state index in [9.17, 15) is 4.79 Å². The van der Waals surface area contributed by atoms with Gasteiger partial charge in [0.25, 0.3) is 0 Å². The Morgan fingerprint density at radius 1 is 1.07 bits per heavy atom. The Kier molecular flexibility index (Phi) is 8.26. The Hall–Kier alpha value is -3.30. The van der Waals surface area contributed by atoms with Gasteiger partial charge in [0.15, 0.2) is 0 Å². The number of ether oxygens (including phenoxy) is 2. The van der Waals surface area contributed by atoms with Gasteiger partial charge in [-0.15, -0.1) is 0 Å². The second kappa shape index (κ2) is 10.9. The van der Waals surface area contributed by atoms with Crippen LogP contribution in [-0.4, -0.2) is 57.1 Å². The fourth-order valence-electron chi connectivity index (χ4n) is 2.73. The average molecular weight is 393 g/mol.